The summed E-state index contributed by atoms with van der Waals surface area (Å²) in [6.07, 6.45) is 1.73. The lowest BCUT2D eigenvalue weighted by Gasteiger charge is -2.39. The molecule has 1 heterocycles. The number of carbonyl (C=O) groups is 3. The first kappa shape index (κ1) is 15.4. The zero-order valence-corrected chi connectivity index (χ0v) is 11.1. The lowest BCUT2D eigenvalue weighted by Crippen LogP contribution is -2.52. The number of rotatable bonds is 5. The minimum Gasteiger partial charge on any atom is -0.481 e. The van der Waals surface area contributed by atoms with Crippen LogP contribution in [0.1, 0.15) is 26.2 Å². The Labute approximate surface area is 112 Å². The lowest BCUT2D eigenvalue weighted by molar-refractivity contribution is -0.155. The Balaban J connectivity index is 2.61. The minimum absolute atomic E-state index is 0.130. The molecule has 108 valence electrons. The third-order valence-electron chi connectivity index (χ3n) is 3.68. The molecule has 0 spiro atoms. The number of carboxylic acids is 1. The molecule has 0 radical (unpaired) electrons. The van der Waals surface area contributed by atoms with E-state index in [9.17, 15) is 19.5 Å². The maximum Gasteiger partial charge on any atom is 0.311 e. The fraction of sp³-hybridized carbons (Fsp3) is 0.750. The second-order valence-corrected chi connectivity index (χ2v) is 4.84. The van der Waals surface area contributed by atoms with Crippen LogP contribution in [0.5, 0.6) is 0 Å². The smallest absolute Gasteiger partial charge is 0.311 e. The molecule has 1 aliphatic heterocycles. The fourth-order valence-corrected chi connectivity index (χ4v) is 2.32. The largest absolute Gasteiger partial charge is 0.481 e. The average Bonchev–Trinajstić information content (AvgIpc) is 2.43. The van der Waals surface area contributed by atoms with Gasteiger partial charge in [-0.05, 0) is 19.3 Å². The van der Waals surface area contributed by atoms with Gasteiger partial charge in [0.05, 0.1) is 18.5 Å². The summed E-state index contributed by atoms with van der Waals surface area (Å²) in [5.41, 5.74) is 4.27. The molecule has 7 nitrogen and oxygen atoms in total. The van der Waals surface area contributed by atoms with Crippen molar-refractivity contribution in [2.75, 3.05) is 26.2 Å². The maximum atomic E-state index is 11.9. The fourth-order valence-electron chi connectivity index (χ4n) is 2.32. The zero-order valence-electron chi connectivity index (χ0n) is 11.1. The summed E-state index contributed by atoms with van der Waals surface area (Å²) in [4.78, 5) is 35.8. The molecule has 1 fully saturated rings. The van der Waals surface area contributed by atoms with Gasteiger partial charge in [-0.2, -0.15) is 0 Å². The summed E-state index contributed by atoms with van der Waals surface area (Å²) >= 11 is 0. The van der Waals surface area contributed by atoms with E-state index in [0.717, 1.165) is 0 Å². The summed E-state index contributed by atoms with van der Waals surface area (Å²) in [5, 5.41) is 11.7. The number of carbonyl (C=O) groups excluding carboxylic acids is 2. The predicted octanol–water partition coefficient (Wildman–Crippen LogP) is -0.835. The molecule has 1 aliphatic rings. The number of nitrogens with one attached hydrogen (secondary N) is 1. The molecule has 1 unspecified atom stereocenters. The molecule has 0 aromatic heterocycles. The minimum atomic E-state index is -0.863. The van der Waals surface area contributed by atoms with Crippen molar-refractivity contribution >= 4 is 17.8 Å². The van der Waals surface area contributed by atoms with Crippen LogP contribution in [-0.4, -0.2) is 54.0 Å². The Morgan fingerprint density at radius 2 is 2.11 bits per heavy atom. The highest BCUT2D eigenvalue weighted by atomic mass is 16.4. The van der Waals surface area contributed by atoms with Crippen molar-refractivity contribution in [1.29, 1.82) is 0 Å². The van der Waals surface area contributed by atoms with Crippen LogP contribution in [0.25, 0.3) is 0 Å². The zero-order chi connectivity index (χ0) is 14.5. The number of hydrogen-bond acceptors (Lipinski definition) is 4. The number of carboxylic acid groups (broad SMARTS) is 1. The first-order valence-electron chi connectivity index (χ1n) is 6.43. The Bertz CT molecular complexity index is 372. The number of hydrogen-bond donors (Lipinski definition) is 3. The van der Waals surface area contributed by atoms with Crippen LogP contribution in [0, 0.1) is 5.41 Å². The van der Waals surface area contributed by atoms with Crippen molar-refractivity contribution in [2.24, 2.45) is 11.1 Å². The Morgan fingerprint density at radius 1 is 1.42 bits per heavy atom. The van der Waals surface area contributed by atoms with Crippen LogP contribution in [0.3, 0.4) is 0 Å². The van der Waals surface area contributed by atoms with E-state index >= 15 is 0 Å². The van der Waals surface area contributed by atoms with Gasteiger partial charge in [-0.3, -0.25) is 14.4 Å². The second kappa shape index (κ2) is 6.51. The van der Waals surface area contributed by atoms with Crippen molar-refractivity contribution in [1.82, 2.24) is 10.2 Å². The van der Waals surface area contributed by atoms with Crippen LogP contribution in [-0.2, 0) is 14.4 Å². The summed E-state index contributed by atoms with van der Waals surface area (Å²) in [5.74, 6) is -1.52. The Kier molecular flexibility index (Phi) is 5.29. The molecule has 0 saturated carbocycles. The summed E-state index contributed by atoms with van der Waals surface area (Å²) < 4.78 is 0. The van der Waals surface area contributed by atoms with Gasteiger partial charge in [0.25, 0.3) is 0 Å². The SMILES string of the molecule is CCC1(C(=O)O)CCCN(C(=O)CNC(=O)CN)C1. The summed E-state index contributed by atoms with van der Waals surface area (Å²) in [6, 6.07) is 0. The van der Waals surface area contributed by atoms with Gasteiger partial charge in [0.2, 0.25) is 11.8 Å². The first-order chi connectivity index (χ1) is 8.95. The van der Waals surface area contributed by atoms with Gasteiger partial charge < -0.3 is 21.1 Å². The molecule has 0 aromatic rings. The number of likely N-dealkylation sites (tertiary alicyclic amines) is 1. The monoisotopic (exact) mass is 271 g/mol. The third kappa shape index (κ3) is 3.66. The third-order valence-corrected chi connectivity index (χ3v) is 3.68. The van der Waals surface area contributed by atoms with E-state index in [-0.39, 0.29) is 25.5 Å². The van der Waals surface area contributed by atoms with E-state index in [4.69, 9.17) is 5.73 Å². The molecule has 0 bridgehead atoms. The quantitative estimate of drug-likeness (QED) is 0.604. The van der Waals surface area contributed by atoms with Crippen molar-refractivity contribution in [3.8, 4) is 0 Å². The number of nitrogens with zero attached hydrogens (tertiary/aromatic N) is 1. The number of aliphatic carboxylic acids is 1. The highest BCUT2D eigenvalue weighted by Gasteiger charge is 2.41. The normalized spacial score (nSPS) is 22.9. The van der Waals surface area contributed by atoms with E-state index in [2.05, 4.69) is 5.32 Å². The molecule has 1 saturated heterocycles. The molecular formula is C12H21N3O4. The molecule has 0 aliphatic carbocycles. The highest BCUT2D eigenvalue weighted by molar-refractivity contribution is 5.86. The van der Waals surface area contributed by atoms with Crippen molar-refractivity contribution in [2.45, 2.75) is 26.2 Å². The van der Waals surface area contributed by atoms with Crippen LogP contribution >= 0.6 is 0 Å². The highest BCUT2D eigenvalue weighted by Crippen LogP contribution is 2.33. The van der Waals surface area contributed by atoms with E-state index in [1.54, 1.807) is 0 Å². The average molecular weight is 271 g/mol. The van der Waals surface area contributed by atoms with Crippen molar-refractivity contribution < 1.29 is 19.5 Å². The van der Waals surface area contributed by atoms with E-state index in [0.29, 0.717) is 25.8 Å². The number of amides is 2. The Hall–Kier alpha value is -1.63. The lowest BCUT2D eigenvalue weighted by atomic mass is 9.77. The summed E-state index contributed by atoms with van der Waals surface area (Å²) in [6.45, 7) is 2.26. The van der Waals surface area contributed by atoms with Crippen molar-refractivity contribution in [3.05, 3.63) is 0 Å². The van der Waals surface area contributed by atoms with E-state index in [1.807, 2.05) is 6.92 Å². The van der Waals surface area contributed by atoms with Crippen LogP contribution in [0.2, 0.25) is 0 Å². The molecule has 0 aromatic carbocycles. The van der Waals surface area contributed by atoms with Gasteiger partial charge in [-0.1, -0.05) is 6.92 Å². The molecule has 1 rings (SSSR count). The van der Waals surface area contributed by atoms with Crippen LogP contribution in [0.4, 0.5) is 0 Å². The van der Waals surface area contributed by atoms with Gasteiger partial charge >= 0.3 is 5.97 Å². The van der Waals surface area contributed by atoms with Gasteiger partial charge in [-0.25, -0.2) is 0 Å². The molecule has 1 atom stereocenters. The van der Waals surface area contributed by atoms with Crippen LogP contribution in [0.15, 0.2) is 0 Å². The molecule has 2 amide bonds. The van der Waals surface area contributed by atoms with Gasteiger partial charge in [0.1, 0.15) is 0 Å². The molecule has 19 heavy (non-hydrogen) atoms. The predicted molar refractivity (Wildman–Crippen MR) is 68.2 cm³/mol. The van der Waals surface area contributed by atoms with Crippen LogP contribution < -0.4 is 11.1 Å². The standard InChI is InChI=1S/C12H21N3O4/c1-2-12(11(18)19)4-3-5-15(8-12)10(17)7-14-9(16)6-13/h2-8,13H2,1H3,(H,14,16)(H,18,19). The van der Waals surface area contributed by atoms with Gasteiger partial charge in [-0.15, -0.1) is 0 Å². The second-order valence-electron chi connectivity index (χ2n) is 4.84. The van der Waals surface area contributed by atoms with Gasteiger partial charge in [0.15, 0.2) is 0 Å². The maximum absolute atomic E-state index is 11.9. The molecular weight excluding hydrogens is 250 g/mol. The Morgan fingerprint density at radius 3 is 2.63 bits per heavy atom. The van der Waals surface area contributed by atoms with E-state index in [1.165, 1.54) is 4.90 Å². The first-order valence-corrected chi connectivity index (χ1v) is 6.43. The van der Waals surface area contributed by atoms with E-state index < -0.39 is 17.3 Å². The molecule has 7 heteroatoms. The molecule has 4 N–H and O–H groups in total. The number of piperidine rings is 1. The van der Waals surface area contributed by atoms with Gasteiger partial charge in [0, 0.05) is 13.1 Å². The van der Waals surface area contributed by atoms with Crippen molar-refractivity contribution in [3.63, 3.8) is 0 Å². The number of nitrogens with two attached hydrogens (primary N) is 1. The summed E-state index contributed by atoms with van der Waals surface area (Å²) in [7, 11) is 0. The topological polar surface area (TPSA) is 113 Å².